The van der Waals surface area contributed by atoms with Crippen molar-refractivity contribution in [2.75, 3.05) is 0 Å². The zero-order valence-electron chi connectivity index (χ0n) is 11.8. The molecule has 7 heteroatoms. The molecule has 0 unspecified atom stereocenters. The van der Waals surface area contributed by atoms with Crippen molar-refractivity contribution in [3.8, 4) is 0 Å². The molecule has 0 spiro atoms. The molecule has 0 atom stereocenters. The molecule has 114 valence electrons. The Balaban J connectivity index is 2.19. The molecule has 0 amide bonds. The molecule has 7 nitrogen and oxygen atoms in total. The van der Waals surface area contributed by atoms with Gasteiger partial charge in [0.1, 0.15) is 11.1 Å². The summed E-state index contributed by atoms with van der Waals surface area (Å²) in [5.41, 5.74) is 1.38. The van der Waals surface area contributed by atoms with Crippen LogP contribution in [0, 0.1) is 10.1 Å². The van der Waals surface area contributed by atoms with Crippen LogP contribution in [0.4, 0.5) is 5.69 Å². The van der Waals surface area contributed by atoms with E-state index >= 15 is 0 Å². The maximum absolute atomic E-state index is 11.0. The van der Waals surface area contributed by atoms with Crippen LogP contribution in [0.2, 0.25) is 0 Å². The van der Waals surface area contributed by atoms with Gasteiger partial charge in [0.05, 0.1) is 10.3 Å². The van der Waals surface area contributed by atoms with Gasteiger partial charge >= 0.3 is 0 Å². The maximum Gasteiger partial charge on any atom is 0.270 e. The van der Waals surface area contributed by atoms with Crippen molar-refractivity contribution in [2.24, 2.45) is 5.16 Å². The van der Waals surface area contributed by atoms with Gasteiger partial charge in [0.15, 0.2) is 5.58 Å². The van der Waals surface area contributed by atoms with Crippen LogP contribution in [0.25, 0.3) is 23.1 Å². The average Bonchev–Trinajstić information content (AvgIpc) is 2.85. The summed E-state index contributed by atoms with van der Waals surface area (Å²) in [6.45, 7) is 0. The minimum Gasteiger partial charge on any atom is -0.410 e. The van der Waals surface area contributed by atoms with Crippen molar-refractivity contribution in [2.45, 2.75) is 0 Å². The van der Waals surface area contributed by atoms with Crippen molar-refractivity contribution in [3.63, 3.8) is 0 Å². The molecule has 0 aliphatic carbocycles. The topological polar surface area (TPSA) is 102 Å². The number of hydrogen-bond donors (Lipinski definition) is 1. The van der Waals surface area contributed by atoms with E-state index < -0.39 is 4.92 Å². The van der Waals surface area contributed by atoms with E-state index in [1.807, 2.05) is 36.4 Å². The number of benzene rings is 1. The van der Waals surface area contributed by atoms with Gasteiger partial charge in [0, 0.05) is 12.1 Å². The first-order valence-corrected chi connectivity index (χ1v) is 6.68. The second-order valence-corrected chi connectivity index (χ2v) is 4.70. The molecule has 0 aliphatic heterocycles. The Labute approximate surface area is 129 Å². The van der Waals surface area contributed by atoms with Gasteiger partial charge in [-0.3, -0.25) is 10.1 Å². The van der Waals surface area contributed by atoms with Crippen molar-refractivity contribution in [3.05, 3.63) is 75.3 Å². The number of fused-ring (bicyclic) bond motifs is 1. The van der Waals surface area contributed by atoms with Crippen LogP contribution in [-0.4, -0.2) is 15.3 Å². The number of aromatic nitrogens is 1. The summed E-state index contributed by atoms with van der Waals surface area (Å²) in [5, 5.41) is 27.5. The van der Waals surface area contributed by atoms with Crippen molar-refractivity contribution < 1.29 is 14.7 Å². The first kappa shape index (κ1) is 14.5. The van der Waals surface area contributed by atoms with E-state index in [1.165, 1.54) is 18.2 Å². The van der Waals surface area contributed by atoms with Crippen LogP contribution in [0.5, 0.6) is 0 Å². The lowest BCUT2D eigenvalue weighted by Crippen LogP contribution is -1.96. The SMILES string of the molecule is O=[N+]([O-])c1cc/c(=N/O)c2onc(/C=C/c3ccccc3)c2c1. The quantitative estimate of drug-likeness (QED) is 0.455. The van der Waals surface area contributed by atoms with E-state index in [0.717, 1.165) is 5.56 Å². The third-order valence-electron chi connectivity index (χ3n) is 3.24. The summed E-state index contributed by atoms with van der Waals surface area (Å²) >= 11 is 0. The summed E-state index contributed by atoms with van der Waals surface area (Å²) in [6, 6.07) is 13.4. The first-order chi connectivity index (χ1) is 11.2. The Kier molecular flexibility index (Phi) is 3.84. The lowest BCUT2D eigenvalue weighted by Gasteiger charge is -1.90. The van der Waals surface area contributed by atoms with Gasteiger partial charge in [-0.25, -0.2) is 0 Å². The maximum atomic E-state index is 11.0. The van der Waals surface area contributed by atoms with Crippen molar-refractivity contribution in [1.82, 2.24) is 5.16 Å². The summed E-state index contributed by atoms with van der Waals surface area (Å²) < 4.78 is 5.18. The van der Waals surface area contributed by atoms with Crippen LogP contribution in [0.15, 0.2) is 58.2 Å². The standard InChI is InChI=1S/C16H11N3O4/c20-17-15-9-7-12(19(21)22)10-13-14(18-23-16(13)15)8-6-11-4-2-1-3-5-11/h1-10,20H/b8-6+,17-15-. The zero-order valence-corrected chi connectivity index (χ0v) is 11.8. The van der Waals surface area contributed by atoms with Crippen molar-refractivity contribution >= 4 is 28.8 Å². The summed E-state index contributed by atoms with van der Waals surface area (Å²) in [6.07, 6.45) is 3.50. The normalized spacial score (nSPS) is 12.1. The van der Waals surface area contributed by atoms with Crippen LogP contribution in [-0.2, 0) is 0 Å². The minimum atomic E-state index is -0.529. The second kappa shape index (κ2) is 6.10. The Hall–Kier alpha value is -3.48. The molecule has 3 rings (SSSR count). The molecule has 0 fully saturated rings. The Morgan fingerprint density at radius 3 is 2.65 bits per heavy atom. The molecule has 1 aromatic heterocycles. The van der Waals surface area contributed by atoms with Crippen LogP contribution >= 0.6 is 0 Å². The lowest BCUT2D eigenvalue weighted by atomic mass is 10.2. The van der Waals surface area contributed by atoms with Gasteiger partial charge in [-0.05, 0) is 17.7 Å². The Bertz CT molecular complexity index is 962. The van der Waals surface area contributed by atoms with Gasteiger partial charge in [-0.15, -0.1) is 0 Å². The van der Waals surface area contributed by atoms with E-state index in [1.54, 1.807) is 6.08 Å². The first-order valence-electron chi connectivity index (χ1n) is 6.68. The molecule has 23 heavy (non-hydrogen) atoms. The van der Waals surface area contributed by atoms with E-state index in [9.17, 15) is 10.1 Å². The molecule has 3 aromatic rings. The number of nitrogens with zero attached hydrogens (tertiary/aromatic N) is 3. The molecule has 2 aromatic carbocycles. The average molecular weight is 309 g/mol. The second-order valence-electron chi connectivity index (χ2n) is 4.70. The molecule has 0 radical (unpaired) electrons. The highest BCUT2D eigenvalue weighted by atomic mass is 16.6. The fourth-order valence-electron chi connectivity index (χ4n) is 2.12. The molecular weight excluding hydrogens is 298 g/mol. The third kappa shape index (κ3) is 2.93. The predicted octanol–water partition coefficient (Wildman–Crippen LogP) is 3.20. The number of rotatable bonds is 3. The molecule has 0 saturated carbocycles. The van der Waals surface area contributed by atoms with Crippen LogP contribution < -0.4 is 5.36 Å². The minimum absolute atomic E-state index is 0.0694. The van der Waals surface area contributed by atoms with Gasteiger partial charge in [-0.1, -0.05) is 46.7 Å². The summed E-state index contributed by atoms with van der Waals surface area (Å²) in [7, 11) is 0. The monoisotopic (exact) mass is 309 g/mol. The predicted molar refractivity (Wildman–Crippen MR) is 83.4 cm³/mol. The number of nitro groups is 1. The fourth-order valence-corrected chi connectivity index (χ4v) is 2.12. The van der Waals surface area contributed by atoms with E-state index in [4.69, 9.17) is 9.73 Å². The lowest BCUT2D eigenvalue weighted by molar-refractivity contribution is -0.384. The molecule has 1 N–H and O–H groups in total. The zero-order chi connectivity index (χ0) is 16.2. The largest absolute Gasteiger partial charge is 0.410 e. The van der Waals surface area contributed by atoms with Gasteiger partial charge in [-0.2, -0.15) is 0 Å². The highest BCUT2D eigenvalue weighted by Gasteiger charge is 2.12. The van der Waals surface area contributed by atoms with E-state index in [-0.39, 0.29) is 16.6 Å². The van der Waals surface area contributed by atoms with Gasteiger partial charge in [0.25, 0.3) is 5.69 Å². The molecular formula is C16H11N3O4. The number of hydrogen-bond acceptors (Lipinski definition) is 6. The summed E-state index contributed by atoms with van der Waals surface area (Å²) in [5.74, 6) is 0. The molecule has 0 bridgehead atoms. The Morgan fingerprint density at radius 1 is 1.17 bits per heavy atom. The molecule has 0 aliphatic rings. The van der Waals surface area contributed by atoms with Gasteiger partial charge in [0.2, 0.25) is 0 Å². The highest BCUT2D eigenvalue weighted by molar-refractivity contribution is 5.88. The Morgan fingerprint density at radius 2 is 1.96 bits per heavy atom. The highest BCUT2D eigenvalue weighted by Crippen LogP contribution is 2.21. The summed E-state index contributed by atoms with van der Waals surface area (Å²) in [4.78, 5) is 10.5. The molecule has 1 heterocycles. The van der Waals surface area contributed by atoms with E-state index in [0.29, 0.717) is 11.1 Å². The van der Waals surface area contributed by atoms with Crippen molar-refractivity contribution in [1.29, 1.82) is 0 Å². The fraction of sp³-hybridized carbons (Fsp3) is 0. The smallest absolute Gasteiger partial charge is 0.270 e. The van der Waals surface area contributed by atoms with Crippen LogP contribution in [0.3, 0.4) is 0 Å². The third-order valence-corrected chi connectivity index (χ3v) is 3.24. The van der Waals surface area contributed by atoms with Gasteiger partial charge < -0.3 is 9.73 Å². The van der Waals surface area contributed by atoms with Crippen LogP contribution in [0.1, 0.15) is 11.3 Å². The van der Waals surface area contributed by atoms with E-state index in [2.05, 4.69) is 10.3 Å². The molecule has 0 saturated heterocycles.